The highest BCUT2D eigenvalue weighted by molar-refractivity contribution is 6.99. The van der Waals surface area contributed by atoms with E-state index >= 15 is 0 Å². The Morgan fingerprint density at radius 3 is 1.71 bits per heavy atom. The van der Waals surface area contributed by atoms with Crippen molar-refractivity contribution < 1.29 is 8.85 Å². The zero-order valence-corrected chi connectivity index (χ0v) is 29.8. The fourth-order valence-corrected chi connectivity index (χ4v) is 16.9. The molecule has 2 aromatic rings. The summed E-state index contributed by atoms with van der Waals surface area (Å²) in [5, 5.41) is 2.64. The lowest BCUT2D eigenvalue weighted by Gasteiger charge is -2.44. The van der Waals surface area contributed by atoms with Gasteiger partial charge < -0.3 is 8.85 Å². The Morgan fingerprint density at radius 1 is 0.805 bits per heavy atom. The summed E-state index contributed by atoms with van der Waals surface area (Å²) in [4.78, 5) is 0. The van der Waals surface area contributed by atoms with E-state index in [1.54, 1.807) is 0 Å². The van der Waals surface area contributed by atoms with Crippen LogP contribution in [-0.2, 0) is 8.85 Å². The van der Waals surface area contributed by atoms with Gasteiger partial charge in [0, 0.05) is 13.0 Å². The van der Waals surface area contributed by atoms with E-state index in [0.717, 1.165) is 25.7 Å². The Balaban J connectivity index is 2.26. The maximum atomic E-state index is 7.17. The molecule has 0 aliphatic heterocycles. The average Bonchev–Trinajstić information content (AvgIpc) is 2.91. The van der Waals surface area contributed by atoms with Crippen molar-refractivity contribution in [2.24, 2.45) is 5.92 Å². The molecule has 0 N–H and O–H groups in total. The molecular formula is C37H58O2Si2. The summed E-state index contributed by atoms with van der Waals surface area (Å²) in [7, 11) is -4.53. The molecule has 41 heavy (non-hydrogen) atoms. The summed E-state index contributed by atoms with van der Waals surface area (Å²) in [5.74, 6) is 7.64. The summed E-state index contributed by atoms with van der Waals surface area (Å²) < 4.78 is 14.2. The highest BCUT2D eigenvalue weighted by Gasteiger charge is 2.50. The van der Waals surface area contributed by atoms with E-state index in [0.29, 0.717) is 29.1 Å². The lowest BCUT2D eigenvalue weighted by molar-refractivity contribution is 0.196. The van der Waals surface area contributed by atoms with Crippen LogP contribution in [-0.4, -0.2) is 29.3 Å². The first-order valence-corrected chi connectivity index (χ1v) is 19.9. The minimum Gasteiger partial charge on any atom is -0.407 e. The van der Waals surface area contributed by atoms with Gasteiger partial charge in [-0.1, -0.05) is 142 Å². The Labute approximate surface area is 255 Å². The van der Waals surface area contributed by atoms with E-state index in [1.807, 2.05) is 6.08 Å². The predicted octanol–water partition coefficient (Wildman–Crippen LogP) is 9.51. The molecule has 0 spiro atoms. The Hall–Kier alpha value is -1.91. The van der Waals surface area contributed by atoms with Crippen molar-refractivity contribution in [1.82, 2.24) is 0 Å². The van der Waals surface area contributed by atoms with Crippen LogP contribution in [0.2, 0.25) is 21.7 Å². The maximum Gasteiger partial charge on any atom is 0.261 e. The number of unbranched alkanes of at least 4 members (excludes halogenated alkanes) is 1. The maximum absolute atomic E-state index is 7.17. The van der Waals surface area contributed by atoms with Gasteiger partial charge in [-0.05, 0) is 57.2 Å². The number of rotatable bonds is 15. The van der Waals surface area contributed by atoms with Gasteiger partial charge >= 0.3 is 0 Å². The second kappa shape index (κ2) is 16.1. The summed E-state index contributed by atoms with van der Waals surface area (Å²) in [6, 6.07) is 21.8. The SMILES string of the molecule is C=CC[C@@H](C)C[C@@H](C#CCCCO[Si](c1ccccc1)(c1ccccc1)C(C)(C)C)O[Si](C(C)C)(C(C)C)C(C)C. The van der Waals surface area contributed by atoms with Crippen molar-refractivity contribution in [1.29, 1.82) is 0 Å². The molecule has 0 unspecified atom stereocenters. The van der Waals surface area contributed by atoms with E-state index in [1.165, 1.54) is 10.4 Å². The molecule has 0 aromatic heterocycles. The van der Waals surface area contributed by atoms with Gasteiger partial charge in [-0.25, -0.2) is 0 Å². The smallest absolute Gasteiger partial charge is 0.261 e. The molecule has 2 atom stereocenters. The first kappa shape index (κ1) is 35.3. The van der Waals surface area contributed by atoms with Crippen LogP contribution in [0.4, 0.5) is 0 Å². The first-order valence-electron chi connectivity index (χ1n) is 15.8. The largest absolute Gasteiger partial charge is 0.407 e. The molecule has 2 rings (SSSR count). The minimum absolute atomic E-state index is 0.0138. The fraction of sp³-hybridized carbons (Fsp3) is 0.568. The highest BCUT2D eigenvalue weighted by atomic mass is 28.4. The van der Waals surface area contributed by atoms with E-state index < -0.39 is 16.6 Å². The molecular weight excluding hydrogens is 533 g/mol. The summed E-state index contributed by atoms with van der Waals surface area (Å²) in [5.41, 5.74) is 1.63. The van der Waals surface area contributed by atoms with Crippen LogP contribution >= 0.6 is 0 Å². The zero-order valence-electron chi connectivity index (χ0n) is 27.8. The molecule has 2 aromatic carbocycles. The fourth-order valence-electron chi connectivity index (χ4n) is 6.87. The average molecular weight is 591 g/mol. The molecule has 0 bridgehead atoms. The Morgan fingerprint density at radius 2 is 1.29 bits per heavy atom. The summed E-state index contributed by atoms with van der Waals surface area (Å²) in [6.45, 7) is 28.1. The number of hydrogen-bond acceptors (Lipinski definition) is 2. The molecule has 226 valence electrons. The van der Waals surface area contributed by atoms with Gasteiger partial charge in [0.1, 0.15) is 6.10 Å². The molecule has 0 radical (unpaired) electrons. The zero-order chi connectivity index (χ0) is 30.7. The van der Waals surface area contributed by atoms with Crippen molar-refractivity contribution in [2.75, 3.05) is 6.61 Å². The predicted molar refractivity (Wildman–Crippen MR) is 185 cm³/mol. The van der Waals surface area contributed by atoms with Crippen LogP contribution in [0.15, 0.2) is 73.3 Å². The molecule has 0 aliphatic carbocycles. The van der Waals surface area contributed by atoms with E-state index in [2.05, 4.69) is 148 Å². The third kappa shape index (κ3) is 8.80. The van der Waals surface area contributed by atoms with E-state index in [9.17, 15) is 0 Å². The molecule has 4 heteroatoms. The topological polar surface area (TPSA) is 18.5 Å². The molecule has 0 aliphatic rings. The van der Waals surface area contributed by atoms with Crippen molar-refractivity contribution in [3.05, 3.63) is 73.3 Å². The highest BCUT2D eigenvalue weighted by Crippen LogP contribution is 2.43. The van der Waals surface area contributed by atoms with Crippen molar-refractivity contribution >= 4 is 27.0 Å². The van der Waals surface area contributed by atoms with Gasteiger partial charge in [0.05, 0.1) is 0 Å². The molecule has 0 heterocycles. The first-order chi connectivity index (χ1) is 19.3. The van der Waals surface area contributed by atoms with Gasteiger partial charge in [0.25, 0.3) is 8.32 Å². The third-order valence-electron chi connectivity index (χ3n) is 8.68. The molecule has 0 amide bonds. The van der Waals surface area contributed by atoms with Gasteiger partial charge in [-0.2, -0.15) is 0 Å². The quantitative estimate of drug-likeness (QED) is 0.0890. The number of hydrogen-bond donors (Lipinski definition) is 0. The van der Waals surface area contributed by atoms with Crippen LogP contribution in [0, 0.1) is 17.8 Å². The normalized spacial score (nSPS) is 14.2. The van der Waals surface area contributed by atoms with Gasteiger partial charge in [-0.15, -0.1) is 12.5 Å². The van der Waals surface area contributed by atoms with Crippen molar-refractivity contribution in [2.45, 2.75) is 123 Å². The molecule has 0 saturated heterocycles. The monoisotopic (exact) mass is 590 g/mol. The van der Waals surface area contributed by atoms with Crippen LogP contribution < -0.4 is 10.4 Å². The Kier molecular flexibility index (Phi) is 13.8. The van der Waals surface area contributed by atoms with Crippen LogP contribution in [0.25, 0.3) is 0 Å². The molecule has 2 nitrogen and oxygen atoms in total. The van der Waals surface area contributed by atoms with E-state index in [4.69, 9.17) is 8.85 Å². The van der Waals surface area contributed by atoms with E-state index in [-0.39, 0.29) is 11.1 Å². The van der Waals surface area contributed by atoms with Crippen molar-refractivity contribution in [3.8, 4) is 11.8 Å². The second-order valence-corrected chi connectivity index (χ2v) is 23.4. The van der Waals surface area contributed by atoms with Gasteiger partial charge in [0.15, 0.2) is 0 Å². The number of allylic oxidation sites excluding steroid dienone is 1. The summed E-state index contributed by atoms with van der Waals surface area (Å²) >= 11 is 0. The lowest BCUT2D eigenvalue weighted by atomic mass is 10.0. The van der Waals surface area contributed by atoms with Crippen LogP contribution in [0.5, 0.6) is 0 Å². The van der Waals surface area contributed by atoms with Crippen LogP contribution in [0.1, 0.15) is 94.9 Å². The number of benzene rings is 2. The molecule has 0 fully saturated rings. The van der Waals surface area contributed by atoms with Gasteiger partial charge in [0.2, 0.25) is 8.32 Å². The van der Waals surface area contributed by atoms with Crippen LogP contribution in [0.3, 0.4) is 0 Å². The van der Waals surface area contributed by atoms with Gasteiger partial charge in [-0.3, -0.25) is 0 Å². The second-order valence-electron chi connectivity index (χ2n) is 13.7. The molecule has 0 saturated carbocycles. The standard InChI is InChI=1S/C37H58O2Si2/c1-12-22-33(8)29-34(39-40(30(2)3,31(4)5)32(6)7)23-16-15-21-28-38-41(37(9,10)11,35-24-17-13-18-25-35)36-26-19-14-20-27-36/h12-14,17-20,24-27,30-34H,1,15,21-22,28-29H2,2-11H3/t33-,34-/m1/s1. The van der Waals surface area contributed by atoms with Crippen molar-refractivity contribution in [3.63, 3.8) is 0 Å². The third-order valence-corrected chi connectivity index (χ3v) is 19.8. The minimum atomic E-state index is -2.51. The Bertz CT molecular complexity index is 1030. The summed E-state index contributed by atoms with van der Waals surface area (Å²) in [6.07, 6.45) is 5.67. The lowest BCUT2D eigenvalue weighted by Crippen LogP contribution is -2.66.